The van der Waals surface area contributed by atoms with Crippen molar-refractivity contribution in [2.75, 3.05) is 5.32 Å². The monoisotopic (exact) mass is 465 g/mol. The molecule has 0 saturated carbocycles. The van der Waals surface area contributed by atoms with Gasteiger partial charge in [0.2, 0.25) is 0 Å². The number of H-pyrrole nitrogens is 1. The van der Waals surface area contributed by atoms with Crippen LogP contribution in [0.25, 0.3) is 0 Å². The van der Waals surface area contributed by atoms with Crippen molar-refractivity contribution < 1.29 is 22.4 Å². The predicted octanol–water partition coefficient (Wildman–Crippen LogP) is 3.07. The number of carbonyl (C=O) groups is 1. The number of anilines is 1. The van der Waals surface area contributed by atoms with E-state index in [1.165, 1.54) is 18.6 Å². The quantitative estimate of drug-likeness (QED) is 0.269. The molecule has 0 saturated heterocycles. The van der Waals surface area contributed by atoms with E-state index >= 15 is 0 Å². The molecule has 3 aromatic rings. The maximum Gasteiger partial charge on any atom is 0.274 e. The smallest absolute Gasteiger partial charge is 0.274 e. The first-order valence-electron chi connectivity index (χ1n) is 6.71. The number of hydrogen-bond donors (Lipinski definition) is 2. The van der Waals surface area contributed by atoms with Gasteiger partial charge in [-0.3, -0.25) is 14.6 Å². The van der Waals surface area contributed by atoms with Crippen LogP contribution in [0.15, 0.2) is 24.7 Å². The lowest BCUT2D eigenvalue weighted by Gasteiger charge is -2.07. The van der Waals surface area contributed by atoms with Crippen molar-refractivity contribution in [1.29, 1.82) is 0 Å². The summed E-state index contributed by atoms with van der Waals surface area (Å²) in [5.41, 5.74) is -0.187. The molecule has 0 aliphatic carbocycles. The summed E-state index contributed by atoms with van der Waals surface area (Å²) in [4.78, 5) is 12.0. The van der Waals surface area contributed by atoms with Gasteiger partial charge in [-0.2, -0.15) is 10.2 Å². The molecule has 11 heteroatoms. The Kier molecular flexibility index (Phi) is 4.74. The van der Waals surface area contributed by atoms with Gasteiger partial charge in [-0.25, -0.2) is 17.6 Å². The molecule has 2 heterocycles. The highest BCUT2D eigenvalue weighted by atomic mass is 127. The Bertz CT molecular complexity index is 955. The first-order chi connectivity index (χ1) is 11.9. The maximum absolute atomic E-state index is 13.7. The van der Waals surface area contributed by atoms with Crippen LogP contribution in [-0.2, 0) is 6.54 Å². The fourth-order valence-corrected chi connectivity index (χ4v) is 2.55. The van der Waals surface area contributed by atoms with Crippen LogP contribution >= 0.6 is 22.6 Å². The summed E-state index contributed by atoms with van der Waals surface area (Å²) in [5.74, 6) is -6.70. The van der Waals surface area contributed by atoms with E-state index in [1.807, 2.05) is 22.6 Å². The second-order valence-corrected chi connectivity index (χ2v) is 6.08. The molecule has 0 aliphatic rings. The Morgan fingerprint density at radius 2 is 1.96 bits per heavy atom. The number of amides is 1. The van der Waals surface area contributed by atoms with Gasteiger partial charge in [0, 0.05) is 17.8 Å². The zero-order valence-electron chi connectivity index (χ0n) is 12.2. The molecule has 1 amide bonds. The third-order valence-corrected chi connectivity index (χ3v) is 4.06. The number of aromatic amines is 1. The number of rotatable bonds is 4. The zero-order chi connectivity index (χ0) is 18.1. The van der Waals surface area contributed by atoms with Crippen LogP contribution in [0, 0.1) is 26.8 Å². The highest BCUT2D eigenvalue weighted by Gasteiger charge is 2.20. The number of benzene rings is 1. The van der Waals surface area contributed by atoms with Crippen molar-refractivity contribution >= 4 is 34.2 Å². The molecule has 2 aromatic heterocycles. The van der Waals surface area contributed by atoms with E-state index in [4.69, 9.17) is 0 Å². The van der Waals surface area contributed by atoms with Crippen LogP contribution in [0.3, 0.4) is 0 Å². The van der Waals surface area contributed by atoms with E-state index in [0.29, 0.717) is 3.57 Å². The molecule has 3 rings (SSSR count). The molecule has 25 heavy (non-hydrogen) atoms. The lowest BCUT2D eigenvalue weighted by molar-refractivity contribution is 0.102. The standard InChI is InChI=1S/C14H8F4IN5O/c15-8-1-9(16)12(18)11(17)7(8)5-24-4-6(2-21-24)22-14(25)13-10(19)3-20-23-13/h1-4H,5H2,(H,20,23)(H,22,25). The average molecular weight is 465 g/mol. The first-order valence-corrected chi connectivity index (χ1v) is 7.79. The minimum Gasteiger partial charge on any atom is -0.318 e. The first kappa shape index (κ1) is 17.4. The summed E-state index contributed by atoms with van der Waals surface area (Å²) >= 11 is 1.92. The minimum atomic E-state index is -1.76. The van der Waals surface area contributed by atoms with Gasteiger partial charge in [0.25, 0.3) is 5.91 Å². The molecule has 0 bridgehead atoms. The van der Waals surface area contributed by atoms with Crippen molar-refractivity contribution in [3.63, 3.8) is 0 Å². The minimum absolute atomic E-state index is 0.242. The van der Waals surface area contributed by atoms with Gasteiger partial charge in [0.1, 0.15) is 11.5 Å². The number of nitrogens with zero attached hydrogens (tertiary/aromatic N) is 3. The van der Waals surface area contributed by atoms with Gasteiger partial charge in [0.15, 0.2) is 17.5 Å². The summed E-state index contributed by atoms with van der Waals surface area (Å²) < 4.78 is 55.2. The molecule has 6 nitrogen and oxygen atoms in total. The van der Waals surface area contributed by atoms with E-state index in [0.717, 1.165) is 4.68 Å². The Hall–Kier alpha value is -2.44. The highest BCUT2D eigenvalue weighted by Crippen LogP contribution is 2.20. The SMILES string of the molecule is O=C(Nc1cnn(Cc2c(F)cc(F)c(F)c2F)c1)c1[nH]ncc1I. The van der Waals surface area contributed by atoms with Crippen molar-refractivity contribution in [2.45, 2.75) is 6.54 Å². The molecular weight excluding hydrogens is 457 g/mol. The van der Waals surface area contributed by atoms with Crippen LogP contribution in [-0.4, -0.2) is 25.9 Å². The second-order valence-electron chi connectivity index (χ2n) is 4.92. The Morgan fingerprint density at radius 1 is 1.20 bits per heavy atom. The molecule has 0 atom stereocenters. The number of nitrogens with one attached hydrogen (secondary N) is 2. The van der Waals surface area contributed by atoms with Crippen LogP contribution in [0.5, 0.6) is 0 Å². The van der Waals surface area contributed by atoms with Crippen molar-refractivity contribution in [2.24, 2.45) is 0 Å². The molecular formula is C14H8F4IN5O. The average Bonchev–Trinajstić information content (AvgIpc) is 3.18. The molecule has 0 spiro atoms. The molecule has 0 fully saturated rings. The number of hydrogen-bond acceptors (Lipinski definition) is 3. The van der Waals surface area contributed by atoms with Crippen LogP contribution in [0.1, 0.15) is 16.1 Å². The molecule has 1 aromatic carbocycles. The van der Waals surface area contributed by atoms with Gasteiger partial charge < -0.3 is 5.32 Å². The van der Waals surface area contributed by atoms with E-state index in [2.05, 4.69) is 20.6 Å². The summed E-state index contributed by atoms with van der Waals surface area (Å²) in [6.45, 7) is -0.480. The molecule has 0 radical (unpaired) electrons. The van der Waals surface area contributed by atoms with Gasteiger partial charge in [-0.15, -0.1) is 0 Å². The van der Waals surface area contributed by atoms with E-state index in [1.54, 1.807) is 0 Å². The Balaban J connectivity index is 1.78. The summed E-state index contributed by atoms with van der Waals surface area (Å²) in [7, 11) is 0. The third-order valence-electron chi connectivity index (χ3n) is 3.24. The van der Waals surface area contributed by atoms with Crippen LogP contribution in [0.2, 0.25) is 0 Å². The largest absolute Gasteiger partial charge is 0.318 e. The Morgan fingerprint density at radius 3 is 2.64 bits per heavy atom. The van der Waals surface area contributed by atoms with E-state index < -0.39 is 41.3 Å². The molecule has 130 valence electrons. The van der Waals surface area contributed by atoms with Gasteiger partial charge in [-0.05, 0) is 22.6 Å². The summed E-state index contributed by atoms with van der Waals surface area (Å²) in [5, 5.41) is 12.6. The summed E-state index contributed by atoms with van der Waals surface area (Å²) in [6, 6.07) is 0.264. The molecule has 2 N–H and O–H groups in total. The fraction of sp³-hybridized carbons (Fsp3) is 0.0714. The number of carbonyl (C=O) groups excluding carboxylic acids is 1. The lowest BCUT2D eigenvalue weighted by atomic mass is 10.2. The number of halogens is 5. The van der Waals surface area contributed by atoms with Gasteiger partial charge in [0.05, 0.1) is 28.2 Å². The maximum atomic E-state index is 13.7. The third kappa shape index (κ3) is 3.50. The van der Waals surface area contributed by atoms with Gasteiger partial charge in [-0.1, -0.05) is 0 Å². The van der Waals surface area contributed by atoms with Crippen molar-refractivity contribution in [3.8, 4) is 0 Å². The Labute approximate surface area is 151 Å². The van der Waals surface area contributed by atoms with Crippen LogP contribution < -0.4 is 5.32 Å². The summed E-state index contributed by atoms with van der Waals surface area (Å²) in [6.07, 6.45) is 4.01. The number of aromatic nitrogens is 4. The van der Waals surface area contributed by atoms with E-state index in [-0.39, 0.29) is 17.4 Å². The highest BCUT2D eigenvalue weighted by molar-refractivity contribution is 14.1. The normalized spacial score (nSPS) is 10.9. The van der Waals surface area contributed by atoms with Crippen molar-refractivity contribution in [1.82, 2.24) is 20.0 Å². The second kappa shape index (κ2) is 6.82. The lowest BCUT2D eigenvalue weighted by Crippen LogP contribution is -2.13. The zero-order valence-corrected chi connectivity index (χ0v) is 14.3. The van der Waals surface area contributed by atoms with Gasteiger partial charge >= 0.3 is 0 Å². The van der Waals surface area contributed by atoms with E-state index in [9.17, 15) is 22.4 Å². The van der Waals surface area contributed by atoms with Crippen LogP contribution in [0.4, 0.5) is 23.2 Å². The molecule has 0 aliphatic heterocycles. The topological polar surface area (TPSA) is 75.6 Å². The fourth-order valence-electron chi connectivity index (χ4n) is 2.05. The molecule has 0 unspecified atom stereocenters. The van der Waals surface area contributed by atoms with Crippen molar-refractivity contribution in [3.05, 3.63) is 62.8 Å². The predicted molar refractivity (Wildman–Crippen MR) is 86.9 cm³/mol.